The standard InChI is InChI=1S/C11H17NO4S2/c1-6-7(2)17-10(8(6)9(13)14)18(15,16)12-11(3,4)5/h12H,1-5H3,(H,13,14). The Morgan fingerprint density at radius 1 is 1.28 bits per heavy atom. The SMILES string of the molecule is Cc1sc(S(=O)(=O)NC(C)(C)C)c(C(=O)O)c1C. The molecule has 5 nitrogen and oxygen atoms in total. The molecule has 1 aromatic heterocycles. The van der Waals surface area contributed by atoms with Crippen LogP contribution in [0.2, 0.25) is 0 Å². The lowest BCUT2D eigenvalue weighted by atomic mass is 10.1. The number of aromatic carboxylic acids is 1. The fourth-order valence-corrected chi connectivity index (χ4v) is 4.70. The van der Waals surface area contributed by atoms with Gasteiger partial charge in [0.1, 0.15) is 4.21 Å². The first-order valence-corrected chi connectivity index (χ1v) is 7.63. The zero-order valence-corrected chi connectivity index (χ0v) is 12.6. The van der Waals surface area contributed by atoms with Gasteiger partial charge in [-0.15, -0.1) is 11.3 Å². The van der Waals surface area contributed by atoms with Crippen molar-refractivity contribution in [1.29, 1.82) is 0 Å². The largest absolute Gasteiger partial charge is 0.478 e. The molecule has 1 rings (SSSR count). The number of hydrogen-bond acceptors (Lipinski definition) is 4. The summed E-state index contributed by atoms with van der Waals surface area (Å²) in [4.78, 5) is 11.9. The number of hydrogen-bond donors (Lipinski definition) is 2. The number of rotatable bonds is 3. The van der Waals surface area contributed by atoms with E-state index in [9.17, 15) is 13.2 Å². The van der Waals surface area contributed by atoms with E-state index in [1.54, 1.807) is 34.6 Å². The van der Waals surface area contributed by atoms with Gasteiger partial charge in [0.25, 0.3) is 10.0 Å². The van der Waals surface area contributed by atoms with Crippen LogP contribution in [0.25, 0.3) is 0 Å². The van der Waals surface area contributed by atoms with Gasteiger partial charge in [0.2, 0.25) is 0 Å². The number of aryl methyl sites for hydroxylation is 1. The average molecular weight is 291 g/mol. The maximum Gasteiger partial charge on any atom is 0.338 e. The molecule has 0 saturated heterocycles. The van der Waals surface area contributed by atoms with Crippen LogP contribution in [0.1, 0.15) is 41.6 Å². The van der Waals surface area contributed by atoms with Crippen LogP contribution in [0.15, 0.2) is 4.21 Å². The summed E-state index contributed by atoms with van der Waals surface area (Å²) in [6.45, 7) is 8.45. The molecule has 0 aliphatic heterocycles. The highest BCUT2D eigenvalue weighted by atomic mass is 32.2. The van der Waals surface area contributed by atoms with Gasteiger partial charge in [0.15, 0.2) is 0 Å². The van der Waals surface area contributed by atoms with E-state index in [4.69, 9.17) is 5.11 Å². The first-order valence-electron chi connectivity index (χ1n) is 5.33. The first kappa shape index (κ1) is 15.1. The van der Waals surface area contributed by atoms with Crippen LogP contribution in [-0.2, 0) is 10.0 Å². The molecule has 1 heterocycles. The van der Waals surface area contributed by atoms with Gasteiger partial charge in [-0.2, -0.15) is 0 Å². The van der Waals surface area contributed by atoms with Crippen molar-refractivity contribution in [1.82, 2.24) is 4.72 Å². The van der Waals surface area contributed by atoms with Crippen LogP contribution in [0.4, 0.5) is 0 Å². The molecule has 0 aliphatic carbocycles. The third-order valence-electron chi connectivity index (χ3n) is 2.25. The molecule has 0 spiro atoms. The zero-order chi connectivity index (χ0) is 14.3. The Balaban J connectivity index is 3.43. The predicted molar refractivity (Wildman–Crippen MR) is 70.8 cm³/mol. The normalized spacial score (nSPS) is 12.7. The Bertz CT molecular complexity index is 579. The summed E-state index contributed by atoms with van der Waals surface area (Å²) in [5.41, 5.74) is -0.281. The number of carboxylic acids is 1. The maximum absolute atomic E-state index is 12.2. The van der Waals surface area contributed by atoms with E-state index >= 15 is 0 Å². The van der Waals surface area contributed by atoms with Crippen molar-refractivity contribution in [3.05, 3.63) is 16.0 Å². The Morgan fingerprint density at radius 2 is 1.78 bits per heavy atom. The van der Waals surface area contributed by atoms with Crippen LogP contribution >= 0.6 is 11.3 Å². The van der Waals surface area contributed by atoms with Gasteiger partial charge in [0.05, 0.1) is 5.56 Å². The topological polar surface area (TPSA) is 83.5 Å². The minimum absolute atomic E-state index is 0.125. The number of nitrogens with one attached hydrogen (secondary N) is 1. The number of sulfonamides is 1. The smallest absolute Gasteiger partial charge is 0.338 e. The van der Waals surface area contributed by atoms with Crippen LogP contribution in [-0.4, -0.2) is 25.0 Å². The highest BCUT2D eigenvalue weighted by molar-refractivity contribution is 7.91. The molecule has 1 aromatic rings. The molecule has 0 atom stereocenters. The van der Waals surface area contributed by atoms with E-state index in [0.717, 1.165) is 11.3 Å². The second kappa shape index (κ2) is 4.64. The molecule has 0 amide bonds. The molecule has 7 heteroatoms. The third-order valence-corrected chi connectivity index (χ3v) is 5.74. The van der Waals surface area contributed by atoms with Crippen molar-refractivity contribution in [3.8, 4) is 0 Å². The lowest BCUT2D eigenvalue weighted by Crippen LogP contribution is -2.40. The molecule has 0 bridgehead atoms. The van der Waals surface area contributed by atoms with Gasteiger partial charge in [-0.05, 0) is 40.2 Å². The number of thiophene rings is 1. The highest BCUT2D eigenvalue weighted by Gasteiger charge is 2.30. The lowest BCUT2D eigenvalue weighted by molar-refractivity contribution is 0.0692. The monoisotopic (exact) mass is 291 g/mol. The number of carbonyl (C=O) groups is 1. The molecular weight excluding hydrogens is 274 g/mol. The third kappa shape index (κ3) is 3.09. The summed E-state index contributed by atoms with van der Waals surface area (Å²) < 4.78 is 26.7. The van der Waals surface area contributed by atoms with Gasteiger partial charge >= 0.3 is 5.97 Å². The van der Waals surface area contributed by atoms with Crippen LogP contribution in [0, 0.1) is 13.8 Å². The molecule has 0 aliphatic rings. The van der Waals surface area contributed by atoms with Crippen molar-refractivity contribution in [2.24, 2.45) is 0 Å². The van der Waals surface area contributed by atoms with Crippen LogP contribution in [0.3, 0.4) is 0 Å². The van der Waals surface area contributed by atoms with E-state index < -0.39 is 21.5 Å². The summed E-state index contributed by atoms with van der Waals surface area (Å²) >= 11 is 0.986. The molecule has 0 radical (unpaired) electrons. The summed E-state index contributed by atoms with van der Waals surface area (Å²) in [5, 5.41) is 9.14. The first-order chi connectivity index (χ1) is 7.96. The Labute approximate surface area is 111 Å². The average Bonchev–Trinajstić information content (AvgIpc) is 2.39. The quantitative estimate of drug-likeness (QED) is 0.893. The maximum atomic E-state index is 12.2. The minimum atomic E-state index is -3.81. The van der Waals surface area contributed by atoms with Gasteiger partial charge in [0, 0.05) is 10.4 Å². The van der Waals surface area contributed by atoms with Gasteiger partial charge < -0.3 is 5.11 Å². The molecule has 0 fully saturated rings. The Kier molecular flexibility index (Phi) is 3.90. The molecular formula is C11H17NO4S2. The van der Waals surface area contributed by atoms with Crippen LogP contribution < -0.4 is 4.72 Å². The molecule has 102 valence electrons. The van der Waals surface area contributed by atoms with Crippen molar-refractivity contribution < 1.29 is 18.3 Å². The van der Waals surface area contributed by atoms with Gasteiger partial charge in [-0.1, -0.05) is 0 Å². The summed E-state index contributed by atoms with van der Waals surface area (Å²) in [6, 6.07) is 0. The highest BCUT2D eigenvalue weighted by Crippen LogP contribution is 2.31. The van der Waals surface area contributed by atoms with E-state index in [0.29, 0.717) is 10.4 Å². The predicted octanol–water partition coefficient (Wildman–Crippen LogP) is 2.14. The van der Waals surface area contributed by atoms with Gasteiger partial charge in [-0.25, -0.2) is 17.9 Å². The second-order valence-corrected chi connectivity index (χ2v) is 8.21. The molecule has 0 aromatic carbocycles. The molecule has 18 heavy (non-hydrogen) atoms. The van der Waals surface area contributed by atoms with Crippen molar-refractivity contribution in [2.45, 2.75) is 44.4 Å². The Morgan fingerprint density at radius 3 is 2.17 bits per heavy atom. The number of carboxylic acid groups (broad SMARTS) is 1. The molecule has 0 saturated carbocycles. The van der Waals surface area contributed by atoms with E-state index in [1.165, 1.54) is 0 Å². The summed E-state index contributed by atoms with van der Waals surface area (Å²) in [5.74, 6) is -1.22. The van der Waals surface area contributed by atoms with Gasteiger partial charge in [-0.3, -0.25) is 0 Å². The van der Waals surface area contributed by atoms with E-state index in [2.05, 4.69) is 4.72 Å². The molecule has 0 unspecified atom stereocenters. The summed E-state index contributed by atoms with van der Waals surface area (Å²) in [7, 11) is -3.81. The summed E-state index contributed by atoms with van der Waals surface area (Å²) in [6.07, 6.45) is 0. The van der Waals surface area contributed by atoms with E-state index in [1.807, 2.05) is 0 Å². The second-order valence-electron chi connectivity index (χ2n) is 5.11. The fourth-order valence-electron chi connectivity index (χ4n) is 1.48. The Hall–Kier alpha value is -0.920. The van der Waals surface area contributed by atoms with Crippen molar-refractivity contribution >= 4 is 27.3 Å². The molecule has 2 N–H and O–H groups in total. The van der Waals surface area contributed by atoms with Crippen LogP contribution in [0.5, 0.6) is 0 Å². The van der Waals surface area contributed by atoms with Crippen molar-refractivity contribution in [2.75, 3.05) is 0 Å². The van der Waals surface area contributed by atoms with Crippen molar-refractivity contribution in [3.63, 3.8) is 0 Å². The zero-order valence-electron chi connectivity index (χ0n) is 11.0. The van der Waals surface area contributed by atoms with E-state index in [-0.39, 0.29) is 9.77 Å². The minimum Gasteiger partial charge on any atom is -0.478 e. The lowest BCUT2D eigenvalue weighted by Gasteiger charge is -2.19. The fraction of sp³-hybridized carbons (Fsp3) is 0.545.